The molecule has 0 aliphatic heterocycles. The van der Waals surface area contributed by atoms with Gasteiger partial charge in [0.2, 0.25) is 0 Å². The molecule has 1 N–H and O–H groups in total. The van der Waals surface area contributed by atoms with E-state index < -0.39 is 0 Å². The van der Waals surface area contributed by atoms with Gasteiger partial charge in [-0.05, 0) is 30.7 Å². The van der Waals surface area contributed by atoms with Gasteiger partial charge in [0.25, 0.3) is 0 Å². The van der Waals surface area contributed by atoms with Crippen molar-refractivity contribution >= 4 is 33.5 Å². The van der Waals surface area contributed by atoms with Crippen LogP contribution in [0.15, 0.2) is 55.2 Å². The Morgan fingerprint density at radius 2 is 1.89 bits per heavy atom. The van der Waals surface area contributed by atoms with Gasteiger partial charge in [-0.15, -0.1) is 0 Å². The summed E-state index contributed by atoms with van der Waals surface area (Å²) in [4.78, 5) is 11.9. The lowest BCUT2D eigenvalue weighted by atomic mass is 10.2. The van der Waals surface area contributed by atoms with Gasteiger partial charge in [-0.3, -0.25) is 0 Å². The minimum Gasteiger partial charge on any atom is -0.489 e. The van der Waals surface area contributed by atoms with Crippen molar-refractivity contribution in [1.82, 2.24) is 15.0 Å². The number of hydrogen-bond acceptors (Lipinski definition) is 3. The molecule has 0 radical (unpaired) electrons. The third kappa shape index (κ3) is 5.44. The molecule has 3 aromatic rings. The van der Waals surface area contributed by atoms with Crippen LogP contribution in [-0.2, 0) is 0 Å². The van der Waals surface area contributed by atoms with Gasteiger partial charge in [0.1, 0.15) is 29.0 Å². The lowest BCUT2D eigenvalue weighted by Gasteiger charge is -2.07. The number of hydrogen-bond donors (Lipinski definition) is 1. The first-order valence-corrected chi connectivity index (χ1v) is 9.52. The summed E-state index contributed by atoms with van der Waals surface area (Å²) < 4.78 is 5.82. The Kier molecular flexibility index (Phi) is 9.31. The molecule has 0 aliphatic carbocycles. The average molecular weight is 386 g/mol. The van der Waals surface area contributed by atoms with Crippen molar-refractivity contribution in [3.8, 4) is 5.75 Å². The van der Waals surface area contributed by atoms with Crippen LogP contribution in [0.5, 0.6) is 5.75 Å². The number of rotatable bonds is 5. The Balaban J connectivity index is 0.000000855. The molecule has 144 valence electrons. The van der Waals surface area contributed by atoms with Gasteiger partial charge in [0, 0.05) is 10.9 Å². The maximum Gasteiger partial charge on any atom is 0.143 e. The van der Waals surface area contributed by atoms with Crippen LogP contribution >= 0.6 is 11.6 Å². The molecule has 0 aliphatic rings. The van der Waals surface area contributed by atoms with Gasteiger partial charge in [0.05, 0.1) is 5.39 Å². The fraction of sp³-hybridized carbons (Fsp3) is 0.273. The summed E-state index contributed by atoms with van der Waals surface area (Å²) in [5.74, 6) is 1.38. The van der Waals surface area contributed by atoms with E-state index in [0.29, 0.717) is 17.6 Å². The Morgan fingerprint density at radius 1 is 1.19 bits per heavy atom. The lowest BCUT2D eigenvalue weighted by Crippen LogP contribution is -1.99. The molecule has 3 rings (SSSR count). The van der Waals surface area contributed by atoms with Crippen LogP contribution in [-0.4, -0.2) is 21.6 Å². The number of benzene rings is 1. The topological polar surface area (TPSA) is 50.8 Å². The predicted octanol–water partition coefficient (Wildman–Crippen LogP) is 6.80. The number of halogens is 1. The van der Waals surface area contributed by atoms with Gasteiger partial charge >= 0.3 is 0 Å². The summed E-state index contributed by atoms with van der Waals surface area (Å²) in [5.41, 5.74) is 2.63. The van der Waals surface area contributed by atoms with Crippen LogP contribution in [0.2, 0.25) is 5.15 Å². The summed E-state index contributed by atoms with van der Waals surface area (Å²) in [6.07, 6.45) is 5.33. The van der Waals surface area contributed by atoms with Gasteiger partial charge in [0.15, 0.2) is 0 Å². The smallest absolute Gasteiger partial charge is 0.143 e. The quantitative estimate of drug-likeness (QED) is 0.388. The van der Waals surface area contributed by atoms with Gasteiger partial charge in [-0.2, -0.15) is 0 Å². The minimum atomic E-state index is 0.423. The number of H-pyrrole nitrogens is 1. The molecular formula is C22H28ClN3O. The second-order valence-electron chi connectivity index (χ2n) is 5.09. The Bertz CT molecular complexity index is 942. The van der Waals surface area contributed by atoms with E-state index in [-0.39, 0.29) is 0 Å². The van der Waals surface area contributed by atoms with Crippen molar-refractivity contribution in [2.45, 2.75) is 34.6 Å². The van der Waals surface area contributed by atoms with Crippen molar-refractivity contribution in [2.24, 2.45) is 0 Å². The molecule has 0 saturated carbocycles. The molecule has 2 heterocycles. The van der Waals surface area contributed by atoms with Gasteiger partial charge in [-0.1, -0.05) is 70.7 Å². The SMILES string of the molecule is C=C/C=C(\C=C)COc1ccc2[nH]c3nc(C)nc(Cl)c3c2c1.CC.CC. The second-order valence-corrected chi connectivity index (χ2v) is 5.45. The summed E-state index contributed by atoms with van der Waals surface area (Å²) in [6.45, 7) is 17.7. The zero-order chi connectivity index (χ0) is 20.4. The molecule has 0 spiro atoms. The standard InChI is InChI=1S/C18H16ClN3O.2C2H6/c1-4-6-12(5-2)10-23-13-7-8-15-14(9-13)16-17(19)20-11(3)21-18(16)22-15;2*1-2/h4-9H,1-2,10H2,3H3,(H,20,21,22);2*1-2H3/b12-6+;;. The second kappa shape index (κ2) is 11.2. The fourth-order valence-corrected chi connectivity index (χ4v) is 2.73. The van der Waals surface area contributed by atoms with Crippen LogP contribution in [0, 0.1) is 6.92 Å². The van der Waals surface area contributed by atoms with E-state index in [4.69, 9.17) is 16.3 Å². The number of nitrogens with zero attached hydrogens (tertiary/aromatic N) is 2. The monoisotopic (exact) mass is 385 g/mol. The minimum absolute atomic E-state index is 0.423. The molecule has 0 saturated heterocycles. The molecule has 4 nitrogen and oxygen atoms in total. The summed E-state index contributed by atoms with van der Waals surface area (Å²) >= 11 is 6.28. The van der Waals surface area contributed by atoms with Crippen molar-refractivity contribution in [2.75, 3.05) is 6.61 Å². The zero-order valence-electron chi connectivity index (χ0n) is 16.8. The first-order valence-electron chi connectivity index (χ1n) is 9.14. The van der Waals surface area contributed by atoms with E-state index in [1.165, 1.54) is 0 Å². The van der Waals surface area contributed by atoms with Crippen molar-refractivity contribution in [1.29, 1.82) is 0 Å². The third-order valence-corrected chi connectivity index (χ3v) is 3.76. The van der Waals surface area contributed by atoms with Crippen molar-refractivity contribution < 1.29 is 4.74 Å². The average Bonchev–Trinajstić information content (AvgIpc) is 3.05. The normalized spacial score (nSPS) is 10.5. The van der Waals surface area contributed by atoms with E-state index >= 15 is 0 Å². The highest BCUT2D eigenvalue weighted by Gasteiger charge is 2.12. The Hall–Kier alpha value is -2.59. The van der Waals surface area contributed by atoms with Crippen LogP contribution in [0.1, 0.15) is 33.5 Å². The first kappa shape index (κ1) is 22.5. The van der Waals surface area contributed by atoms with E-state index in [9.17, 15) is 0 Å². The summed E-state index contributed by atoms with van der Waals surface area (Å²) in [7, 11) is 0. The highest BCUT2D eigenvalue weighted by atomic mass is 35.5. The largest absolute Gasteiger partial charge is 0.489 e. The highest BCUT2D eigenvalue weighted by molar-refractivity contribution is 6.36. The molecule has 1 aromatic carbocycles. The first-order chi connectivity index (χ1) is 13.1. The van der Waals surface area contributed by atoms with Crippen LogP contribution in [0.25, 0.3) is 21.9 Å². The number of nitrogens with one attached hydrogen (secondary N) is 1. The molecule has 0 atom stereocenters. The van der Waals surface area contributed by atoms with Crippen molar-refractivity contribution in [3.05, 3.63) is 66.1 Å². The number of allylic oxidation sites excluding steroid dienone is 2. The summed E-state index contributed by atoms with van der Waals surface area (Å²) in [5, 5.41) is 2.19. The molecule has 0 fully saturated rings. The number of aromatic nitrogens is 3. The number of fused-ring (bicyclic) bond motifs is 3. The molecular weight excluding hydrogens is 358 g/mol. The number of aromatic amines is 1. The maximum absolute atomic E-state index is 6.28. The molecule has 0 bridgehead atoms. The molecule has 5 heteroatoms. The number of ether oxygens (including phenoxy) is 1. The van der Waals surface area contributed by atoms with Crippen molar-refractivity contribution in [3.63, 3.8) is 0 Å². The Morgan fingerprint density at radius 3 is 2.52 bits per heavy atom. The molecule has 2 aromatic heterocycles. The van der Waals surface area contributed by atoms with E-state index in [0.717, 1.165) is 33.3 Å². The van der Waals surface area contributed by atoms with Crippen LogP contribution in [0.4, 0.5) is 0 Å². The number of aryl methyl sites for hydroxylation is 1. The van der Waals surface area contributed by atoms with E-state index in [1.807, 2.05) is 58.9 Å². The van der Waals surface area contributed by atoms with Gasteiger partial charge in [-0.25, -0.2) is 9.97 Å². The predicted molar refractivity (Wildman–Crippen MR) is 118 cm³/mol. The maximum atomic E-state index is 6.28. The summed E-state index contributed by atoms with van der Waals surface area (Å²) in [6, 6.07) is 5.79. The fourth-order valence-electron chi connectivity index (χ4n) is 2.42. The lowest BCUT2D eigenvalue weighted by molar-refractivity contribution is 0.356. The van der Waals surface area contributed by atoms with E-state index in [2.05, 4.69) is 28.1 Å². The van der Waals surface area contributed by atoms with Gasteiger partial charge < -0.3 is 9.72 Å². The third-order valence-electron chi connectivity index (χ3n) is 3.49. The van der Waals surface area contributed by atoms with E-state index in [1.54, 1.807) is 12.2 Å². The zero-order valence-corrected chi connectivity index (χ0v) is 17.5. The molecule has 0 unspecified atom stereocenters. The molecule has 0 amide bonds. The highest BCUT2D eigenvalue weighted by Crippen LogP contribution is 2.31. The molecule has 27 heavy (non-hydrogen) atoms. The van der Waals surface area contributed by atoms with Crippen LogP contribution in [0.3, 0.4) is 0 Å². The van der Waals surface area contributed by atoms with Crippen LogP contribution < -0.4 is 4.74 Å². The Labute approximate surface area is 166 Å².